The summed E-state index contributed by atoms with van der Waals surface area (Å²) in [7, 11) is 0. The smallest absolute Gasteiger partial charge is 0.338 e. The average Bonchev–Trinajstić information content (AvgIpc) is 2.47. The summed E-state index contributed by atoms with van der Waals surface area (Å²) < 4.78 is 6.47. The Hall–Kier alpha value is -1.35. The lowest BCUT2D eigenvalue weighted by Gasteiger charge is -2.37. The molecule has 0 spiro atoms. The standard InChI is InChI=1S/C18H32NO2/c1-6-11-17(12-7-2)18(20)21-16-15-19(10-5,13-8-3)14-9-4/h6-7,11-12H,1,8-10,13-16H2,2-5H3/q+1/b12-7-,17-11+. The fourth-order valence-electron chi connectivity index (χ4n) is 2.67. The van der Waals surface area contributed by atoms with Crippen LogP contribution in [0.15, 0.2) is 36.5 Å². The molecule has 0 aromatic heterocycles. The summed E-state index contributed by atoms with van der Waals surface area (Å²) >= 11 is 0. The maximum absolute atomic E-state index is 12.0. The summed E-state index contributed by atoms with van der Waals surface area (Å²) in [6.45, 7) is 16.9. The van der Waals surface area contributed by atoms with E-state index in [9.17, 15) is 4.79 Å². The number of ether oxygens (including phenoxy) is 1. The van der Waals surface area contributed by atoms with Gasteiger partial charge in [0.2, 0.25) is 0 Å². The van der Waals surface area contributed by atoms with Crippen LogP contribution in [0.2, 0.25) is 0 Å². The molecule has 0 heterocycles. The average molecular weight is 294 g/mol. The van der Waals surface area contributed by atoms with E-state index in [2.05, 4.69) is 27.4 Å². The highest BCUT2D eigenvalue weighted by Crippen LogP contribution is 2.10. The molecule has 21 heavy (non-hydrogen) atoms. The molecular weight excluding hydrogens is 262 g/mol. The minimum Gasteiger partial charge on any atom is -0.456 e. The number of hydrogen-bond acceptors (Lipinski definition) is 2. The van der Waals surface area contributed by atoms with Crippen molar-refractivity contribution in [3.63, 3.8) is 0 Å². The molecule has 0 bridgehead atoms. The van der Waals surface area contributed by atoms with Crippen LogP contribution in [0.25, 0.3) is 0 Å². The van der Waals surface area contributed by atoms with Crippen molar-refractivity contribution in [2.75, 3.05) is 32.8 Å². The van der Waals surface area contributed by atoms with Gasteiger partial charge in [0.25, 0.3) is 0 Å². The number of esters is 1. The van der Waals surface area contributed by atoms with Crippen LogP contribution in [0.1, 0.15) is 40.5 Å². The molecule has 0 fully saturated rings. The second-order valence-corrected chi connectivity index (χ2v) is 5.32. The molecule has 0 aromatic carbocycles. The first-order valence-corrected chi connectivity index (χ1v) is 8.06. The highest BCUT2D eigenvalue weighted by Gasteiger charge is 2.23. The Labute approximate surface area is 130 Å². The molecule has 0 saturated carbocycles. The SMILES string of the molecule is C=C/C=C(\C=C/C)C(=O)OCC[N+](CC)(CCC)CCC. The van der Waals surface area contributed by atoms with Gasteiger partial charge in [0, 0.05) is 0 Å². The first-order valence-electron chi connectivity index (χ1n) is 8.06. The first kappa shape index (κ1) is 19.7. The van der Waals surface area contributed by atoms with Gasteiger partial charge in [-0.05, 0) is 32.8 Å². The second-order valence-electron chi connectivity index (χ2n) is 5.32. The lowest BCUT2D eigenvalue weighted by Crippen LogP contribution is -2.51. The molecule has 0 radical (unpaired) electrons. The molecule has 0 rings (SSSR count). The van der Waals surface area contributed by atoms with Gasteiger partial charge in [-0.25, -0.2) is 4.79 Å². The van der Waals surface area contributed by atoms with Crippen LogP contribution in [0.5, 0.6) is 0 Å². The minimum absolute atomic E-state index is 0.268. The summed E-state index contributed by atoms with van der Waals surface area (Å²) in [4.78, 5) is 12.0. The third-order valence-electron chi connectivity index (χ3n) is 3.74. The molecule has 0 aliphatic rings. The highest BCUT2D eigenvalue weighted by atomic mass is 16.5. The lowest BCUT2D eigenvalue weighted by molar-refractivity contribution is -0.926. The van der Waals surface area contributed by atoms with Crippen molar-refractivity contribution in [2.45, 2.75) is 40.5 Å². The van der Waals surface area contributed by atoms with E-state index >= 15 is 0 Å². The zero-order valence-electron chi connectivity index (χ0n) is 14.2. The zero-order chi connectivity index (χ0) is 16.1. The van der Waals surface area contributed by atoms with E-state index < -0.39 is 0 Å². The summed E-state index contributed by atoms with van der Waals surface area (Å²) in [5.74, 6) is -0.268. The van der Waals surface area contributed by atoms with Crippen molar-refractivity contribution >= 4 is 5.97 Å². The number of carbonyl (C=O) groups is 1. The largest absolute Gasteiger partial charge is 0.456 e. The van der Waals surface area contributed by atoms with E-state index in [-0.39, 0.29) is 5.97 Å². The number of carbonyl (C=O) groups excluding carboxylic acids is 1. The molecule has 0 saturated heterocycles. The van der Waals surface area contributed by atoms with Crippen molar-refractivity contribution in [3.05, 3.63) is 36.5 Å². The third-order valence-corrected chi connectivity index (χ3v) is 3.74. The van der Waals surface area contributed by atoms with E-state index in [1.807, 2.05) is 13.0 Å². The summed E-state index contributed by atoms with van der Waals surface area (Å²) in [6, 6.07) is 0. The van der Waals surface area contributed by atoms with E-state index in [0.717, 1.165) is 43.5 Å². The van der Waals surface area contributed by atoms with Gasteiger partial charge in [0.1, 0.15) is 13.2 Å². The van der Waals surface area contributed by atoms with Crippen molar-refractivity contribution in [3.8, 4) is 0 Å². The number of likely N-dealkylation sites (N-methyl/N-ethyl adjacent to an activating group) is 1. The highest BCUT2D eigenvalue weighted by molar-refractivity contribution is 5.91. The summed E-state index contributed by atoms with van der Waals surface area (Å²) in [5, 5.41) is 0. The van der Waals surface area contributed by atoms with Crippen LogP contribution < -0.4 is 0 Å². The normalized spacial score (nSPS) is 12.7. The van der Waals surface area contributed by atoms with Gasteiger partial charge >= 0.3 is 5.97 Å². The predicted molar refractivity (Wildman–Crippen MR) is 90.0 cm³/mol. The Morgan fingerprint density at radius 2 is 1.76 bits per heavy atom. The summed E-state index contributed by atoms with van der Waals surface area (Å²) in [6.07, 6.45) is 9.19. The van der Waals surface area contributed by atoms with Gasteiger partial charge in [-0.15, -0.1) is 0 Å². The predicted octanol–water partition coefficient (Wildman–Crippen LogP) is 3.87. The molecule has 0 atom stereocenters. The van der Waals surface area contributed by atoms with Gasteiger partial charge in [-0.3, -0.25) is 0 Å². The Morgan fingerprint density at radius 3 is 2.19 bits per heavy atom. The van der Waals surface area contributed by atoms with Gasteiger partial charge < -0.3 is 9.22 Å². The van der Waals surface area contributed by atoms with Gasteiger partial charge in [-0.2, -0.15) is 0 Å². The minimum atomic E-state index is -0.268. The molecular formula is C18H32NO2+. The van der Waals surface area contributed by atoms with E-state index in [4.69, 9.17) is 4.74 Å². The number of hydrogen-bond donors (Lipinski definition) is 0. The van der Waals surface area contributed by atoms with Crippen molar-refractivity contribution < 1.29 is 14.0 Å². The quantitative estimate of drug-likeness (QED) is 0.250. The van der Waals surface area contributed by atoms with Gasteiger partial charge in [-0.1, -0.05) is 38.7 Å². The Balaban J connectivity index is 4.58. The molecule has 0 unspecified atom stereocenters. The monoisotopic (exact) mass is 294 g/mol. The van der Waals surface area contributed by atoms with Crippen LogP contribution in [0, 0.1) is 0 Å². The lowest BCUT2D eigenvalue weighted by atomic mass is 10.2. The maximum Gasteiger partial charge on any atom is 0.338 e. The second kappa shape index (κ2) is 11.3. The van der Waals surface area contributed by atoms with Crippen LogP contribution in [0.3, 0.4) is 0 Å². The fourth-order valence-corrected chi connectivity index (χ4v) is 2.67. The number of allylic oxidation sites excluding steroid dienone is 3. The molecule has 0 amide bonds. The Bertz CT molecular complexity index is 363. The molecule has 0 aliphatic heterocycles. The summed E-state index contributed by atoms with van der Waals surface area (Å²) in [5.41, 5.74) is 0.549. The van der Waals surface area contributed by atoms with Crippen molar-refractivity contribution in [1.82, 2.24) is 0 Å². The van der Waals surface area contributed by atoms with E-state index in [1.165, 1.54) is 0 Å². The van der Waals surface area contributed by atoms with E-state index in [0.29, 0.717) is 12.2 Å². The Kier molecular flexibility index (Phi) is 10.6. The van der Waals surface area contributed by atoms with Crippen LogP contribution in [-0.2, 0) is 9.53 Å². The van der Waals surface area contributed by atoms with Crippen LogP contribution in [0.4, 0.5) is 0 Å². The fraction of sp³-hybridized carbons (Fsp3) is 0.611. The molecule has 0 aliphatic carbocycles. The zero-order valence-corrected chi connectivity index (χ0v) is 14.2. The van der Waals surface area contributed by atoms with Crippen LogP contribution >= 0.6 is 0 Å². The third kappa shape index (κ3) is 7.28. The van der Waals surface area contributed by atoms with E-state index in [1.54, 1.807) is 18.2 Å². The molecule has 3 heteroatoms. The molecule has 3 nitrogen and oxygen atoms in total. The molecule has 0 aromatic rings. The van der Waals surface area contributed by atoms with Gasteiger partial charge in [0.15, 0.2) is 0 Å². The first-order chi connectivity index (χ1) is 10.1. The molecule has 120 valence electrons. The topological polar surface area (TPSA) is 26.3 Å². The Morgan fingerprint density at radius 1 is 1.14 bits per heavy atom. The van der Waals surface area contributed by atoms with Gasteiger partial charge in [0.05, 0.1) is 25.2 Å². The maximum atomic E-state index is 12.0. The number of quaternary nitrogens is 1. The number of nitrogens with zero attached hydrogens (tertiary/aromatic N) is 1. The van der Waals surface area contributed by atoms with Crippen molar-refractivity contribution in [2.24, 2.45) is 0 Å². The van der Waals surface area contributed by atoms with Crippen LogP contribution in [-0.4, -0.2) is 43.2 Å². The van der Waals surface area contributed by atoms with Crippen molar-refractivity contribution in [1.29, 1.82) is 0 Å². The molecule has 0 N–H and O–H groups in total. The number of rotatable bonds is 11.